The zero-order chi connectivity index (χ0) is 71.4. The molecule has 0 spiro atoms. The molecule has 0 unspecified atom stereocenters. The maximum atomic E-state index is 13.0. The maximum Gasteiger partial charge on any atom is 0.303 e. The molecule has 0 aromatic carbocycles. The minimum atomic E-state index is -1.69. The van der Waals surface area contributed by atoms with Crippen LogP contribution < -0.4 is 0 Å². The first-order valence-corrected chi connectivity index (χ1v) is 30.2. The average Bonchev–Trinajstić information content (AvgIpc) is 1.77. The lowest BCUT2D eigenvalue weighted by atomic mass is 9.92. The van der Waals surface area contributed by atoms with Crippen molar-refractivity contribution in [3.8, 4) is 0 Å². The molecule has 0 saturated carbocycles. The molecule has 0 radical (unpaired) electrons. The molecule has 39 heteroatoms. The highest BCUT2D eigenvalue weighted by Crippen LogP contribution is 2.42. The van der Waals surface area contributed by atoms with Gasteiger partial charge >= 0.3 is 77.6 Å². The first-order valence-electron chi connectivity index (χ1n) is 30.2. The summed E-state index contributed by atoms with van der Waals surface area (Å²) in [6.45, 7) is 13.8. The molecule has 7 heterocycles. The molecular weight excluding hydrogens is 1300 g/mol. The molecule has 0 amide bonds. The Hall–Kier alpha value is -9.63. The molecule has 3 aromatic heterocycles. The van der Waals surface area contributed by atoms with Crippen molar-refractivity contribution in [3.05, 3.63) is 35.7 Å². The van der Waals surface area contributed by atoms with E-state index in [1.54, 1.807) is 0 Å². The van der Waals surface area contributed by atoms with Crippen molar-refractivity contribution in [1.82, 2.24) is 45.0 Å². The zero-order valence-corrected chi connectivity index (χ0v) is 55.1. The van der Waals surface area contributed by atoms with Crippen LogP contribution in [-0.4, -0.2) is 233 Å². The molecule has 0 N–H and O–H groups in total. The molecule has 4 saturated heterocycles. The van der Waals surface area contributed by atoms with Crippen molar-refractivity contribution in [2.24, 2.45) is 0 Å². The van der Waals surface area contributed by atoms with E-state index in [9.17, 15) is 62.3 Å². The highest BCUT2D eigenvalue weighted by Gasteiger charge is 2.57. The summed E-state index contributed by atoms with van der Waals surface area (Å²) < 4.78 is 102. The second-order valence-corrected chi connectivity index (χ2v) is 22.8. The van der Waals surface area contributed by atoms with Crippen molar-refractivity contribution >= 4 is 77.6 Å². The Balaban J connectivity index is 1.25. The maximum absolute atomic E-state index is 13.0. The van der Waals surface area contributed by atoms with E-state index in [4.69, 9.17) is 80.5 Å². The summed E-state index contributed by atoms with van der Waals surface area (Å²) in [5.74, 6) is -11.2. The molecule has 3 aromatic rings. The minimum absolute atomic E-state index is 0.0243. The van der Waals surface area contributed by atoms with E-state index in [1.165, 1.54) is 34.9 Å². The first-order chi connectivity index (χ1) is 45.7. The van der Waals surface area contributed by atoms with Gasteiger partial charge in [-0.05, 0) is 6.92 Å². The number of hydrogen-bond acceptors (Lipinski definition) is 36. The van der Waals surface area contributed by atoms with Crippen LogP contribution in [0.5, 0.6) is 0 Å². The van der Waals surface area contributed by atoms with Gasteiger partial charge in [-0.2, -0.15) is 0 Å². The van der Waals surface area contributed by atoms with E-state index >= 15 is 0 Å². The van der Waals surface area contributed by atoms with Gasteiger partial charge in [-0.25, -0.2) is 14.0 Å². The first kappa shape index (κ1) is 74.8. The number of hydrogen-bond donors (Lipinski definition) is 0. The Morgan fingerprint density at radius 1 is 0.309 bits per heavy atom. The summed E-state index contributed by atoms with van der Waals surface area (Å²) in [6, 6.07) is 0. The molecule has 4 aliphatic rings. The van der Waals surface area contributed by atoms with Gasteiger partial charge < -0.3 is 80.5 Å². The molecule has 0 aliphatic carbocycles. The number of carbonyl (C=O) groups excluding carboxylic acids is 13. The fraction of sp³-hybridized carbons (Fsp3) is 0.672. The van der Waals surface area contributed by atoms with Crippen molar-refractivity contribution in [2.75, 3.05) is 6.61 Å². The summed E-state index contributed by atoms with van der Waals surface area (Å²) in [5, 5.41) is 25.6. The third kappa shape index (κ3) is 20.0. The zero-order valence-electron chi connectivity index (χ0n) is 55.1. The lowest BCUT2D eigenvalue weighted by molar-refractivity contribution is -0.252. The molecule has 39 nitrogen and oxygen atoms in total. The van der Waals surface area contributed by atoms with Crippen LogP contribution in [0, 0.1) is 0 Å². The van der Waals surface area contributed by atoms with Crippen LogP contribution in [0.4, 0.5) is 0 Å². The lowest BCUT2D eigenvalue weighted by Gasteiger charge is -2.44. The van der Waals surface area contributed by atoms with Gasteiger partial charge in [0.1, 0.15) is 59.8 Å². The third-order valence-electron chi connectivity index (χ3n) is 14.7. The predicted molar refractivity (Wildman–Crippen MR) is 305 cm³/mol. The fourth-order valence-electron chi connectivity index (χ4n) is 11.6. The van der Waals surface area contributed by atoms with Gasteiger partial charge in [0.05, 0.1) is 50.9 Å². The van der Waals surface area contributed by atoms with Crippen LogP contribution in [0.25, 0.3) is 0 Å². The molecule has 20 atom stereocenters. The number of nitrogens with zero attached hydrogens (tertiary/aromatic N) is 9. The monoisotopic (exact) mass is 1380 g/mol. The number of carbonyl (C=O) groups is 13. The van der Waals surface area contributed by atoms with Gasteiger partial charge in [-0.1, -0.05) is 15.6 Å². The Labute approximate surface area is 551 Å². The highest BCUT2D eigenvalue weighted by molar-refractivity contribution is 5.72. The molecule has 532 valence electrons. The van der Waals surface area contributed by atoms with Crippen LogP contribution >= 0.6 is 0 Å². The van der Waals surface area contributed by atoms with Crippen LogP contribution in [-0.2, 0) is 162 Å². The SMILES string of the molecule is CC(=O)OCC[C@H]1O[C@H](Cn2cc([C@H]3O[C@H](Cn4cc([C@H]5O[C@H](Cn6cc([C@H]7O[C@H](C)[C@@H](OC(C)=O)[C@H](OC(C)=O)[C@@H]7OC(C)=O)nn6)[C@@H](OC(C)=O)[C@H](OC(C)=O)[C@@H]5OC(C)=O)nn4)[C@@H](OC(C)=O)[C@H](OC(C)=O)[C@@H]3OC(C)=O)nn2)[C@@H](OC(C)=O)[C@H](OC(C)=O)[C@@H]1OC(C)=O. The Morgan fingerprint density at radius 3 is 0.845 bits per heavy atom. The van der Waals surface area contributed by atoms with Gasteiger partial charge in [0.15, 0.2) is 73.2 Å². The van der Waals surface area contributed by atoms with Gasteiger partial charge in [0.25, 0.3) is 0 Å². The molecule has 0 bridgehead atoms. The lowest BCUT2D eigenvalue weighted by Crippen LogP contribution is -2.62. The normalized spacial score (nSPS) is 29.9. The minimum Gasteiger partial charge on any atom is -0.466 e. The van der Waals surface area contributed by atoms with E-state index in [-0.39, 0.29) is 36.7 Å². The van der Waals surface area contributed by atoms with Crippen molar-refractivity contribution in [1.29, 1.82) is 0 Å². The molecule has 97 heavy (non-hydrogen) atoms. The van der Waals surface area contributed by atoms with Crippen LogP contribution in [0.15, 0.2) is 18.6 Å². The summed E-state index contributed by atoms with van der Waals surface area (Å²) in [4.78, 5) is 165. The summed E-state index contributed by atoms with van der Waals surface area (Å²) in [7, 11) is 0. The molecular formula is C58H75N9O30. The second kappa shape index (κ2) is 32.9. The largest absolute Gasteiger partial charge is 0.466 e. The molecule has 4 aliphatic heterocycles. The number of aromatic nitrogens is 9. The van der Waals surface area contributed by atoms with E-state index in [0.29, 0.717) is 0 Å². The van der Waals surface area contributed by atoms with Crippen molar-refractivity contribution in [3.63, 3.8) is 0 Å². The Bertz CT molecular complexity index is 3410. The molecule has 7 rings (SSSR count). The van der Waals surface area contributed by atoms with Crippen LogP contribution in [0.1, 0.15) is 139 Å². The Kier molecular flexibility index (Phi) is 25.3. The topological polar surface area (TPSA) is 471 Å². The van der Waals surface area contributed by atoms with Gasteiger partial charge in [0, 0.05) is 96.4 Å². The number of ether oxygens (including phenoxy) is 17. The van der Waals surface area contributed by atoms with Crippen molar-refractivity contribution < 1.29 is 143 Å². The van der Waals surface area contributed by atoms with E-state index in [1.807, 2.05) is 0 Å². The van der Waals surface area contributed by atoms with Crippen LogP contribution in [0.2, 0.25) is 0 Å². The number of rotatable bonds is 24. The predicted octanol–water partition coefficient (Wildman–Crippen LogP) is -0.898. The quantitative estimate of drug-likeness (QED) is 0.0775. The average molecular weight is 1380 g/mol. The standard InChI is InChI=1S/C58H75N9O30/c1-23-44(83-25(3)69)52(88-30(8)74)53(89-31(9)75)45(82-23)37-17-66(62-59-37)21-42-50(86-28(6)72)57(93-35(13)79)55(91-33(11)77)47(96-42)39-19-67(64-61-39)22-43-51(87-29(7)73)58(94-36(14)80)54(90-32(10)76)46(97-43)38-18-65(63-60-38)20-41-49(85-27(5)71)56(92-34(12)78)48(84-26(4)70)40(95-41)15-16-81-24(2)68/h17-19,23,40-58H,15-16,20-22H2,1-14H3/t23-,40-,41-,42-,43-,44-,45-,46-,47-,48-,49-,50-,51-,52+,53-,54-,55-,56-,57+,58+/m1/s1. The summed E-state index contributed by atoms with van der Waals surface area (Å²) >= 11 is 0. The smallest absolute Gasteiger partial charge is 0.303 e. The third-order valence-corrected chi connectivity index (χ3v) is 14.7. The van der Waals surface area contributed by atoms with Crippen molar-refractivity contribution in [2.45, 2.75) is 245 Å². The van der Waals surface area contributed by atoms with E-state index in [2.05, 4.69) is 30.9 Å². The molecule has 4 fully saturated rings. The van der Waals surface area contributed by atoms with Gasteiger partial charge in [-0.3, -0.25) is 62.3 Å². The Morgan fingerprint density at radius 2 is 0.546 bits per heavy atom. The van der Waals surface area contributed by atoms with E-state index < -0.39 is 213 Å². The fourth-order valence-corrected chi connectivity index (χ4v) is 11.6. The van der Waals surface area contributed by atoms with E-state index in [0.717, 1.165) is 94.7 Å². The van der Waals surface area contributed by atoms with Gasteiger partial charge in [0.2, 0.25) is 0 Å². The van der Waals surface area contributed by atoms with Crippen LogP contribution in [0.3, 0.4) is 0 Å². The summed E-state index contributed by atoms with van der Waals surface area (Å²) in [5.41, 5.74) is -0.317. The number of esters is 13. The summed E-state index contributed by atoms with van der Waals surface area (Å²) in [6.07, 6.45) is -25.6. The highest BCUT2D eigenvalue weighted by atomic mass is 16.7. The second-order valence-electron chi connectivity index (χ2n) is 22.8. The van der Waals surface area contributed by atoms with Gasteiger partial charge in [-0.15, -0.1) is 15.3 Å².